The summed E-state index contributed by atoms with van der Waals surface area (Å²) in [4.78, 5) is 22.3. The Kier molecular flexibility index (Phi) is 6.56. The number of nitrogens with zero attached hydrogens (tertiary/aromatic N) is 2. The molecule has 3 atom stereocenters. The molecule has 2 rings (SSSR count). The van der Waals surface area contributed by atoms with Crippen LogP contribution in [0.5, 0.6) is 0 Å². The van der Waals surface area contributed by atoms with Crippen LogP contribution in [-0.2, 0) is 4.74 Å². The van der Waals surface area contributed by atoms with Crippen molar-refractivity contribution in [3.05, 3.63) is 39.9 Å². The molecule has 1 aromatic rings. The van der Waals surface area contributed by atoms with Crippen LogP contribution in [0, 0.1) is 33.3 Å². The van der Waals surface area contributed by atoms with E-state index in [1.807, 2.05) is 0 Å². The van der Waals surface area contributed by atoms with Gasteiger partial charge in [0.1, 0.15) is 6.10 Å². The average molecular weight is 351 g/mol. The van der Waals surface area contributed by atoms with Crippen molar-refractivity contribution in [3.63, 3.8) is 0 Å². The van der Waals surface area contributed by atoms with Gasteiger partial charge in [0, 0.05) is 18.0 Å². The van der Waals surface area contributed by atoms with Gasteiger partial charge in [0.25, 0.3) is 5.69 Å². The predicted octanol–water partition coefficient (Wildman–Crippen LogP) is 4.08. The van der Waals surface area contributed by atoms with Crippen molar-refractivity contribution in [2.24, 2.45) is 11.8 Å². The second kappa shape index (κ2) is 8.65. The molecule has 0 aliphatic heterocycles. The van der Waals surface area contributed by atoms with E-state index in [2.05, 4.69) is 6.07 Å². The van der Waals surface area contributed by atoms with Gasteiger partial charge in [-0.2, -0.15) is 5.26 Å². The van der Waals surface area contributed by atoms with Crippen molar-refractivity contribution >= 4 is 23.3 Å². The number of nitro groups is 1. The molecule has 1 saturated carbocycles. The highest BCUT2D eigenvalue weighted by Crippen LogP contribution is 2.37. The standard InChI is InChI=1S/C17H19ClN2O4/c18-10-2-1-3-12-6-9-16(15(12)11-19)24-17(21)13-4-7-14(8-5-13)20(22)23/h4-5,7-8,12,15-16H,1-3,6,9-10H2/t12-,15+,16+/m0/s1. The summed E-state index contributed by atoms with van der Waals surface area (Å²) in [6, 6.07) is 7.54. The van der Waals surface area contributed by atoms with Crippen molar-refractivity contribution in [2.75, 3.05) is 5.88 Å². The lowest BCUT2D eigenvalue weighted by atomic mass is 9.91. The van der Waals surface area contributed by atoms with Gasteiger partial charge in [0.05, 0.1) is 22.5 Å². The van der Waals surface area contributed by atoms with Gasteiger partial charge in [0.2, 0.25) is 0 Å². The van der Waals surface area contributed by atoms with Crippen LogP contribution in [0.3, 0.4) is 0 Å². The van der Waals surface area contributed by atoms with Crippen LogP contribution in [0.15, 0.2) is 24.3 Å². The van der Waals surface area contributed by atoms with Gasteiger partial charge in [-0.05, 0) is 43.7 Å². The third kappa shape index (κ3) is 4.45. The van der Waals surface area contributed by atoms with Gasteiger partial charge < -0.3 is 4.74 Å². The van der Waals surface area contributed by atoms with Crippen LogP contribution in [0.25, 0.3) is 0 Å². The molecule has 128 valence electrons. The van der Waals surface area contributed by atoms with Crippen LogP contribution in [0.2, 0.25) is 0 Å². The summed E-state index contributed by atoms with van der Waals surface area (Å²) in [5.41, 5.74) is 0.171. The zero-order valence-electron chi connectivity index (χ0n) is 13.2. The Morgan fingerprint density at radius 2 is 2.04 bits per heavy atom. The Hall–Kier alpha value is -2.13. The molecular formula is C17H19ClN2O4. The minimum absolute atomic E-state index is 0.0818. The summed E-state index contributed by atoms with van der Waals surface area (Å²) in [5.74, 6) is -0.00515. The molecule has 0 bridgehead atoms. The maximum Gasteiger partial charge on any atom is 0.338 e. The van der Waals surface area contributed by atoms with Gasteiger partial charge in [0.15, 0.2) is 0 Å². The molecule has 0 spiro atoms. The highest BCUT2D eigenvalue weighted by molar-refractivity contribution is 6.17. The lowest BCUT2D eigenvalue weighted by Gasteiger charge is -2.18. The van der Waals surface area contributed by atoms with Gasteiger partial charge >= 0.3 is 5.97 Å². The summed E-state index contributed by atoms with van der Waals surface area (Å²) in [6.45, 7) is 0. The molecule has 1 fully saturated rings. The van der Waals surface area contributed by atoms with Gasteiger partial charge in [-0.15, -0.1) is 11.6 Å². The molecule has 0 aromatic heterocycles. The highest BCUT2D eigenvalue weighted by atomic mass is 35.5. The topological polar surface area (TPSA) is 93.2 Å². The zero-order chi connectivity index (χ0) is 17.5. The van der Waals surface area contributed by atoms with Gasteiger partial charge in [-0.3, -0.25) is 10.1 Å². The van der Waals surface area contributed by atoms with Crippen molar-refractivity contribution in [1.29, 1.82) is 5.26 Å². The molecule has 7 heteroatoms. The average Bonchev–Trinajstić information content (AvgIpc) is 2.96. The van der Waals surface area contributed by atoms with E-state index in [1.54, 1.807) is 0 Å². The first-order valence-electron chi connectivity index (χ1n) is 7.98. The number of ether oxygens (including phenoxy) is 1. The van der Waals surface area contributed by atoms with E-state index in [0.29, 0.717) is 12.3 Å². The summed E-state index contributed by atoms with van der Waals surface area (Å²) >= 11 is 5.68. The quantitative estimate of drug-likeness (QED) is 0.243. The number of nitriles is 1. The smallest absolute Gasteiger partial charge is 0.338 e. The van der Waals surface area contributed by atoms with Crippen LogP contribution < -0.4 is 0 Å². The van der Waals surface area contributed by atoms with E-state index in [9.17, 15) is 20.2 Å². The molecule has 0 radical (unpaired) electrons. The summed E-state index contributed by atoms with van der Waals surface area (Å²) in [5, 5.41) is 20.0. The second-order valence-electron chi connectivity index (χ2n) is 5.92. The first-order chi connectivity index (χ1) is 11.6. The van der Waals surface area contributed by atoms with Crippen LogP contribution in [0.4, 0.5) is 5.69 Å². The Labute approximate surface area is 145 Å². The maximum atomic E-state index is 12.2. The van der Waals surface area contributed by atoms with Crippen LogP contribution in [-0.4, -0.2) is 22.9 Å². The largest absolute Gasteiger partial charge is 0.457 e. The Balaban J connectivity index is 1.95. The highest BCUT2D eigenvalue weighted by Gasteiger charge is 2.38. The fourth-order valence-electron chi connectivity index (χ4n) is 3.11. The number of carbonyl (C=O) groups is 1. The molecule has 1 aliphatic rings. The number of benzene rings is 1. The number of halogens is 1. The van der Waals surface area contributed by atoms with Crippen LogP contribution >= 0.6 is 11.6 Å². The number of rotatable bonds is 7. The number of carbonyl (C=O) groups excluding carboxylic acids is 1. The number of nitro benzene ring substituents is 1. The molecule has 24 heavy (non-hydrogen) atoms. The number of hydrogen-bond donors (Lipinski definition) is 0. The van der Waals surface area contributed by atoms with Crippen molar-refractivity contribution in [3.8, 4) is 6.07 Å². The van der Waals surface area contributed by atoms with E-state index in [1.165, 1.54) is 24.3 Å². The lowest BCUT2D eigenvalue weighted by molar-refractivity contribution is -0.384. The minimum atomic E-state index is -0.545. The molecule has 0 saturated heterocycles. The maximum absolute atomic E-state index is 12.2. The van der Waals surface area contributed by atoms with E-state index in [0.717, 1.165) is 25.7 Å². The molecule has 0 heterocycles. The SMILES string of the molecule is N#C[C@@H]1[C@@H](CCCCCl)CC[C@H]1OC(=O)c1ccc([N+](=O)[O-])cc1. The number of unbranched alkanes of at least 4 members (excludes halogenated alkanes) is 1. The minimum Gasteiger partial charge on any atom is -0.457 e. The molecule has 1 aromatic carbocycles. The van der Waals surface area contributed by atoms with E-state index in [-0.39, 0.29) is 23.1 Å². The fourth-order valence-corrected chi connectivity index (χ4v) is 3.30. The van der Waals surface area contributed by atoms with Crippen molar-refractivity contribution in [2.45, 2.75) is 38.2 Å². The molecule has 0 N–H and O–H groups in total. The lowest BCUT2D eigenvalue weighted by Crippen LogP contribution is -2.24. The third-order valence-electron chi connectivity index (χ3n) is 4.41. The van der Waals surface area contributed by atoms with Crippen LogP contribution in [0.1, 0.15) is 42.5 Å². The van der Waals surface area contributed by atoms with E-state index in [4.69, 9.17) is 16.3 Å². The summed E-state index contributed by atoms with van der Waals surface area (Å²) in [6.07, 6.45) is 3.91. The predicted molar refractivity (Wildman–Crippen MR) is 88.7 cm³/mol. The monoisotopic (exact) mass is 350 g/mol. The first-order valence-corrected chi connectivity index (χ1v) is 8.51. The Morgan fingerprint density at radius 1 is 1.33 bits per heavy atom. The van der Waals surface area contributed by atoms with Crippen molar-refractivity contribution < 1.29 is 14.5 Å². The number of non-ortho nitro benzene ring substituents is 1. The number of alkyl halides is 1. The van der Waals surface area contributed by atoms with E-state index >= 15 is 0 Å². The molecule has 0 unspecified atom stereocenters. The third-order valence-corrected chi connectivity index (χ3v) is 4.68. The number of hydrogen-bond acceptors (Lipinski definition) is 5. The normalized spacial score (nSPS) is 22.8. The van der Waals surface area contributed by atoms with Gasteiger partial charge in [-0.1, -0.05) is 6.42 Å². The Bertz CT molecular complexity index is 626. The number of esters is 1. The van der Waals surface area contributed by atoms with Crippen molar-refractivity contribution in [1.82, 2.24) is 0 Å². The summed E-state index contributed by atoms with van der Waals surface area (Å²) in [7, 11) is 0. The molecular weight excluding hydrogens is 332 g/mol. The zero-order valence-corrected chi connectivity index (χ0v) is 13.9. The van der Waals surface area contributed by atoms with E-state index < -0.39 is 17.0 Å². The summed E-state index contributed by atoms with van der Waals surface area (Å²) < 4.78 is 5.48. The first kappa shape index (κ1) is 18.2. The molecule has 0 amide bonds. The fraction of sp³-hybridized carbons (Fsp3) is 0.529. The molecule has 1 aliphatic carbocycles. The van der Waals surface area contributed by atoms with Gasteiger partial charge in [-0.25, -0.2) is 4.79 Å². The Morgan fingerprint density at radius 3 is 2.62 bits per heavy atom. The molecule has 6 nitrogen and oxygen atoms in total. The second-order valence-corrected chi connectivity index (χ2v) is 6.30.